The van der Waals surface area contributed by atoms with Crippen LogP contribution in [-0.2, 0) is 22.6 Å². The number of piperazine rings is 1. The van der Waals surface area contributed by atoms with E-state index in [0.29, 0.717) is 44.2 Å². The first-order valence-corrected chi connectivity index (χ1v) is 17.4. The Morgan fingerprint density at radius 2 is 1.77 bits per heavy atom. The Bertz CT molecular complexity index is 1580. The number of benzene rings is 1. The van der Waals surface area contributed by atoms with E-state index in [2.05, 4.69) is 42.1 Å². The highest BCUT2D eigenvalue weighted by Gasteiger charge is 2.36. The van der Waals surface area contributed by atoms with Crippen molar-refractivity contribution >= 4 is 35.0 Å². The van der Waals surface area contributed by atoms with Gasteiger partial charge < -0.3 is 20.4 Å². The van der Waals surface area contributed by atoms with Gasteiger partial charge in [0.15, 0.2) is 5.78 Å². The molecular weight excluding hydrogens is 637 g/mol. The van der Waals surface area contributed by atoms with Gasteiger partial charge >= 0.3 is 0 Å². The number of aryl methyl sites for hydroxylation is 1. The Morgan fingerprint density at radius 3 is 2.42 bits per heavy atom. The number of nitrogens with one attached hydrogen (secondary N) is 2. The summed E-state index contributed by atoms with van der Waals surface area (Å²) in [6.07, 6.45) is 5.89. The zero-order valence-electron chi connectivity index (χ0n) is 27.9. The fourth-order valence-electron chi connectivity index (χ4n) is 6.54. The minimum absolute atomic E-state index is 0.0725. The van der Waals surface area contributed by atoms with E-state index >= 15 is 4.39 Å². The second-order valence-electron chi connectivity index (χ2n) is 13.0. The fourth-order valence-corrected chi connectivity index (χ4v) is 6.96. The molecule has 2 aromatic heterocycles. The van der Waals surface area contributed by atoms with Crippen molar-refractivity contribution in [3.8, 4) is 0 Å². The van der Waals surface area contributed by atoms with Crippen LogP contribution >= 0.6 is 11.5 Å². The van der Waals surface area contributed by atoms with Gasteiger partial charge in [-0.3, -0.25) is 19.2 Å². The number of Topliss-reactive ketones (excluding diaryl/α,β-unsaturated/α-hetero) is 1. The molecule has 1 aliphatic heterocycles. The van der Waals surface area contributed by atoms with Crippen LogP contribution < -0.4 is 10.6 Å². The molecule has 0 bridgehead atoms. The molecule has 0 spiro atoms. The van der Waals surface area contributed by atoms with Crippen LogP contribution in [0.25, 0.3) is 0 Å². The van der Waals surface area contributed by atoms with Gasteiger partial charge in [-0.15, -0.1) is 5.10 Å². The van der Waals surface area contributed by atoms with Gasteiger partial charge in [-0.05, 0) is 67.4 Å². The maximum Gasteiger partial charge on any atom is 0.289 e. The van der Waals surface area contributed by atoms with Crippen LogP contribution in [-0.4, -0.2) is 103 Å². The van der Waals surface area contributed by atoms with Crippen molar-refractivity contribution in [2.45, 2.75) is 77.4 Å². The SMILES string of the molecule is CCn1ncnc1C(=O)N[C@H](C(=O)Cc1ccc([C@H](C)[C@@H](NC(=O)c2cnns2)C(=O)N2CCN(C)CC2)cc1F)C1CCC(C)CC1. The maximum atomic E-state index is 15.8. The molecule has 3 heterocycles. The third-order valence-corrected chi connectivity index (χ3v) is 10.4. The minimum atomic E-state index is -0.964. The summed E-state index contributed by atoms with van der Waals surface area (Å²) in [7, 11) is 1.99. The van der Waals surface area contributed by atoms with E-state index in [4.69, 9.17) is 0 Å². The number of carbonyl (C=O) groups is 4. The van der Waals surface area contributed by atoms with Crippen LogP contribution in [0.15, 0.2) is 30.7 Å². The molecule has 3 amide bonds. The van der Waals surface area contributed by atoms with Crippen LogP contribution in [0, 0.1) is 17.7 Å². The second kappa shape index (κ2) is 15.9. The predicted molar refractivity (Wildman–Crippen MR) is 177 cm³/mol. The van der Waals surface area contributed by atoms with E-state index in [1.807, 2.05) is 14.0 Å². The summed E-state index contributed by atoms with van der Waals surface area (Å²) < 4.78 is 21.0. The van der Waals surface area contributed by atoms with Crippen molar-refractivity contribution in [2.75, 3.05) is 33.2 Å². The Morgan fingerprint density at radius 1 is 1.04 bits per heavy atom. The molecule has 3 atom stereocenters. The second-order valence-corrected chi connectivity index (χ2v) is 13.8. The van der Waals surface area contributed by atoms with Crippen LogP contribution in [0.2, 0.25) is 0 Å². The molecule has 0 unspecified atom stereocenters. The summed E-state index contributed by atoms with van der Waals surface area (Å²) in [6.45, 7) is 8.69. The van der Waals surface area contributed by atoms with Crippen molar-refractivity contribution in [3.05, 3.63) is 58.4 Å². The lowest BCUT2D eigenvalue weighted by molar-refractivity contribution is -0.135. The molecule has 5 rings (SSSR count). The minimum Gasteiger partial charge on any atom is -0.339 e. The first-order valence-electron chi connectivity index (χ1n) is 16.6. The number of ketones is 1. The standard InChI is InChI=1S/C33H44FN9O4S/c1-5-43-30(35-19-37-43)32(46)39-29(22-8-6-20(2)7-9-22)26(44)17-24-11-10-23(16-25(24)34)21(3)28(38-31(45)27-18-36-40-48-27)33(47)42-14-12-41(4)13-15-42/h10-11,16,18-22,28-29H,5-9,12-15,17H2,1-4H3,(H,38,45)(H,39,46)/t20?,21-,22?,28+,29-/m0/s1. The summed E-state index contributed by atoms with van der Waals surface area (Å²) in [4.78, 5) is 62.0. The van der Waals surface area contributed by atoms with Gasteiger partial charge in [0, 0.05) is 45.1 Å². The lowest BCUT2D eigenvalue weighted by atomic mass is 9.77. The van der Waals surface area contributed by atoms with Crippen LogP contribution in [0.1, 0.15) is 83.8 Å². The average Bonchev–Trinajstić information content (AvgIpc) is 3.80. The molecule has 48 heavy (non-hydrogen) atoms. The van der Waals surface area contributed by atoms with Crippen LogP contribution in [0.4, 0.5) is 4.39 Å². The average molecular weight is 682 g/mol. The van der Waals surface area contributed by atoms with E-state index < -0.39 is 35.6 Å². The van der Waals surface area contributed by atoms with Crippen molar-refractivity contribution in [1.29, 1.82) is 0 Å². The molecule has 2 aliphatic rings. The van der Waals surface area contributed by atoms with Crippen molar-refractivity contribution in [3.63, 3.8) is 0 Å². The molecule has 15 heteroatoms. The number of amides is 3. The maximum absolute atomic E-state index is 15.8. The molecular formula is C33H44FN9O4S. The molecule has 1 aliphatic carbocycles. The molecule has 0 radical (unpaired) electrons. The van der Waals surface area contributed by atoms with Gasteiger partial charge in [0.2, 0.25) is 11.7 Å². The fraction of sp³-hybridized carbons (Fsp3) is 0.576. The van der Waals surface area contributed by atoms with Gasteiger partial charge in [0.05, 0.1) is 12.2 Å². The van der Waals surface area contributed by atoms with E-state index in [-0.39, 0.29) is 40.3 Å². The summed E-state index contributed by atoms with van der Waals surface area (Å²) in [5, 5.41) is 13.5. The Hall–Kier alpha value is -4.11. The predicted octanol–water partition coefficient (Wildman–Crippen LogP) is 2.70. The van der Waals surface area contributed by atoms with Gasteiger partial charge in [0.1, 0.15) is 23.1 Å². The molecule has 3 aromatic rings. The number of nitrogens with zero attached hydrogens (tertiary/aromatic N) is 7. The molecule has 1 saturated carbocycles. The van der Waals surface area contributed by atoms with Crippen molar-refractivity contribution in [2.24, 2.45) is 11.8 Å². The summed E-state index contributed by atoms with van der Waals surface area (Å²) in [5.74, 6) is -2.08. The largest absolute Gasteiger partial charge is 0.339 e. The molecule has 2 fully saturated rings. The number of hydrogen-bond donors (Lipinski definition) is 2. The number of likely N-dealkylation sites (N-methyl/N-ethyl adjacent to an activating group) is 1. The highest BCUT2D eigenvalue weighted by atomic mass is 32.1. The van der Waals surface area contributed by atoms with Crippen LogP contribution in [0.3, 0.4) is 0 Å². The number of rotatable bonds is 12. The third kappa shape index (κ3) is 8.29. The highest BCUT2D eigenvalue weighted by molar-refractivity contribution is 7.07. The highest BCUT2D eigenvalue weighted by Crippen LogP contribution is 2.32. The van der Waals surface area contributed by atoms with Crippen LogP contribution in [0.5, 0.6) is 0 Å². The molecule has 1 saturated heterocycles. The zero-order valence-corrected chi connectivity index (χ0v) is 28.7. The number of aromatic nitrogens is 5. The van der Waals surface area contributed by atoms with E-state index in [9.17, 15) is 19.2 Å². The van der Waals surface area contributed by atoms with E-state index in [1.165, 1.54) is 23.3 Å². The molecule has 2 N–H and O–H groups in total. The Kier molecular flexibility index (Phi) is 11.6. The molecule has 258 valence electrons. The first kappa shape index (κ1) is 35.2. The summed E-state index contributed by atoms with van der Waals surface area (Å²) in [5.41, 5.74) is 0.696. The lowest BCUT2D eigenvalue weighted by Gasteiger charge is -2.36. The number of hydrogen-bond acceptors (Lipinski definition) is 10. The topological polar surface area (TPSA) is 155 Å². The monoisotopic (exact) mass is 681 g/mol. The Balaban J connectivity index is 1.34. The third-order valence-electron chi connectivity index (χ3n) is 9.70. The Labute approximate surface area is 283 Å². The van der Waals surface area contributed by atoms with Crippen molar-refractivity contribution < 1.29 is 23.6 Å². The number of halogens is 1. The molecule has 1 aromatic carbocycles. The van der Waals surface area contributed by atoms with Gasteiger partial charge in [0.25, 0.3) is 11.8 Å². The zero-order chi connectivity index (χ0) is 34.4. The van der Waals surface area contributed by atoms with Crippen molar-refractivity contribution in [1.82, 2.24) is 44.8 Å². The smallest absolute Gasteiger partial charge is 0.289 e. The lowest BCUT2D eigenvalue weighted by Crippen LogP contribution is -2.55. The van der Waals surface area contributed by atoms with Gasteiger partial charge in [-0.1, -0.05) is 43.3 Å². The molecule has 13 nitrogen and oxygen atoms in total. The quantitative estimate of drug-likeness (QED) is 0.294. The normalized spacial score (nSPS) is 20.5. The summed E-state index contributed by atoms with van der Waals surface area (Å²) >= 11 is 0.924. The summed E-state index contributed by atoms with van der Waals surface area (Å²) in [6, 6.07) is 2.82. The van der Waals surface area contributed by atoms with E-state index in [1.54, 1.807) is 24.0 Å². The number of carbonyl (C=O) groups excluding carboxylic acids is 4. The van der Waals surface area contributed by atoms with Gasteiger partial charge in [-0.2, -0.15) is 5.10 Å². The van der Waals surface area contributed by atoms with Gasteiger partial charge in [-0.25, -0.2) is 14.1 Å². The first-order chi connectivity index (χ1) is 23.0. The van der Waals surface area contributed by atoms with E-state index in [0.717, 1.165) is 37.2 Å².